The standard InChI is InChI=1S/C22H24FN3O3/c23-16-8-10-17(11-9-16)24-21(27)15-26-14-20(22(28)25-12-4-1-5-13-25)29-19-7-3-2-6-18(19)26/h2-3,6-11,20H,1,4-5,12-15H2,(H,24,27)/t20-/m0/s1. The number of halogens is 1. The Morgan fingerprint density at radius 3 is 2.52 bits per heavy atom. The van der Waals surface area contributed by atoms with Gasteiger partial charge in [-0.15, -0.1) is 0 Å². The third kappa shape index (κ3) is 4.50. The number of nitrogens with zero attached hydrogens (tertiary/aromatic N) is 2. The Labute approximate surface area is 169 Å². The molecule has 0 aromatic heterocycles. The predicted molar refractivity (Wildman–Crippen MR) is 109 cm³/mol. The summed E-state index contributed by atoms with van der Waals surface area (Å²) in [6.07, 6.45) is 2.53. The molecule has 152 valence electrons. The number of anilines is 2. The quantitative estimate of drug-likeness (QED) is 0.862. The molecule has 1 N–H and O–H groups in total. The second kappa shape index (κ2) is 8.51. The van der Waals surface area contributed by atoms with Crippen LogP contribution in [0.1, 0.15) is 19.3 Å². The lowest BCUT2D eigenvalue weighted by molar-refractivity contribution is -0.139. The van der Waals surface area contributed by atoms with E-state index >= 15 is 0 Å². The second-order valence-electron chi connectivity index (χ2n) is 7.40. The molecule has 2 aromatic rings. The highest BCUT2D eigenvalue weighted by Gasteiger charge is 2.34. The number of fused-ring (bicyclic) bond motifs is 1. The van der Waals surface area contributed by atoms with Gasteiger partial charge in [0.2, 0.25) is 5.91 Å². The molecule has 6 nitrogen and oxygen atoms in total. The minimum Gasteiger partial charge on any atom is -0.477 e. The van der Waals surface area contributed by atoms with Crippen LogP contribution >= 0.6 is 0 Å². The van der Waals surface area contributed by atoms with Gasteiger partial charge in [-0.3, -0.25) is 9.59 Å². The molecule has 7 heteroatoms. The molecule has 1 atom stereocenters. The van der Waals surface area contributed by atoms with Gasteiger partial charge in [-0.05, 0) is 55.7 Å². The molecule has 0 unspecified atom stereocenters. The first-order valence-electron chi connectivity index (χ1n) is 9.95. The number of likely N-dealkylation sites (tertiary alicyclic amines) is 1. The molecular formula is C22H24FN3O3. The molecule has 0 radical (unpaired) electrons. The Hall–Kier alpha value is -3.09. The fraction of sp³-hybridized carbons (Fsp3) is 0.364. The number of rotatable bonds is 4. The number of para-hydroxylation sites is 2. The highest BCUT2D eigenvalue weighted by molar-refractivity contribution is 5.95. The van der Waals surface area contributed by atoms with Gasteiger partial charge >= 0.3 is 0 Å². The summed E-state index contributed by atoms with van der Waals surface area (Å²) < 4.78 is 19.0. The van der Waals surface area contributed by atoms with Gasteiger partial charge in [0.15, 0.2) is 6.10 Å². The number of ether oxygens (including phenoxy) is 1. The predicted octanol–water partition coefficient (Wildman–Crippen LogP) is 3.04. The highest BCUT2D eigenvalue weighted by Crippen LogP contribution is 2.33. The molecule has 2 aliphatic rings. The number of hydrogen-bond donors (Lipinski definition) is 1. The lowest BCUT2D eigenvalue weighted by Crippen LogP contribution is -2.52. The first-order chi connectivity index (χ1) is 14.1. The fourth-order valence-corrected chi connectivity index (χ4v) is 3.81. The van der Waals surface area contributed by atoms with E-state index in [-0.39, 0.29) is 24.2 Å². The average molecular weight is 397 g/mol. The van der Waals surface area contributed by atoms with Crippen molar-refractivity contribution in [2.75, 3.05) is 36.4 Å². The van der Waals surface area contributed by atoms with Crippen LogP contribution < -0.4 is 15.0 Å². The Morgan fingerprint density at radius 1 is 1.03 bits per heavy atom. The van der Waals surface area contributed by atoms with Crippen molar-refractivity contribution in [2.24, 2.45) is 0 Å². The third-order valence-electron chi connectivity index (χ3n) is 5.27. The van der Waals surface area contributed by atoms with E-state index in [0.717, 1.165) is 38.0 Å². The van der Waals surface area contributed by atoms with E-state index < -0.39 is 6.10 Å². The van der Waals surface area contributed by atoms with Crippen molar-refractivity contribution in [3.63, 3.8) is 0 Å². The molecule has 0 saturated carbocycles. The highest BCUT2D eigenvalue weighted by atomic mass is 19.1. The van der Waals surface area contributed by atoms with Crippen LogP contribution in [0.5, 0.6) is 5.75 Å². The summed E-state index contributed by atoms with van der Waals surface area (Å²) in [4.78, 5) is 29.3. The first-order valence-corrected chi connectivity index (χ1v) is 9.95. The van der Waals surface area contributed by atoms with Gasteiger partial charge in [0.25, 0.3) is 5.91 Å². The van der Waals surface area contributed by atoms with Gasteiger partial charge in [-0.2, -0.15) is 0 Å². The molecule has 0 spiro atoms. The van der Waals surface area contributed by atoms with E-state index in [1.54, 1.807) is 0 Å². The molecular weight excluding hydrogens is 373 g/mol. The van der Waals surface area contributed by atoms with Crippen LogP contribution in [-0.2, 0) is 9.59 Å². The van der Waals surface area contributed by atoms with Crippen LogP contribution in [0.3, 0.4) is 0 Å². The largest absolute Gasteiger partial charge is 0.477 e. The summed E-state index contributed by atoms with van der Waals surface area (Å²) in [7, 11) is 0. The Morgan fingerprint density at radius 2 is 1.76 bits per heavy atom. The van der Waals surface area contributed by atoms with Gasteiger partial charge in [-0.1, -0.05) is 12.1 Å². The topological polar surface area (TPSA) is 61.9 Å². The molecule has 2 aromatic carbocycles. The van der Waals surface area contributed by atoms with E-state index in [2.05, 4.69) is 5.32 Å². The zero-order valence-corrected chi connectivity index (χ0v) is 16.1. The molecule has 29 heavy (non-hydrogen) atoms. The Kier molecular flexibility index (Phi) is 5.64. The van der Waals surface area contributed by atoms with Crippen molar-refractivity contribution in [1.82, 2.24) is 4.90 Å². The van der Waals surface area contributed by atoms with Crippen LogP contribution in [0.15, 0.2) is 48.5 Å². The number of nitrogens with one attached hydrogen (secondary N) is 1. The van der Waals surface area contributed by atoms with Crippen LogP contribution in [-0.4, -0.2) is 49.0 Å². The van der Waals surface area contributed by atoms with Crippen molar-refractivity contribution < 1.29 is 18.7 Å². The lowest BCUT2D eigenvalue weighted by Gasteiger charge is -2.38. The fourth-order valence-electron chi connectivity index (χ4n) is 3.81. The number of carbonyl (C=O) groups is 2. The maximum atomic E-state index is 13.1. The molecule has 2 aliphatic heterocycles. The number of amides is 2. The maximum absolute atomic E-state index is 13.1. The second-order valence-corrected chi connectivity index (χ2v) is 7.40. The van der Waals surface area contributed by atoms with Gasteiger partial charge in [-0.25, -0.2) is 4.39 Å². The molecule has 2 heterocycles. The van der Waals surface area contributed by atoms with Gasteiger partial charge in [0, 0.05) is 18.8 Å². The van der Waals surface area contributed by atoms with Crippen molar-refractivity contribution in [3.05, 3.63) is 54.3 Å². The van der Waals surface area contributed by atoms with Gasteiger partial charge in [0.1, 0.15) is 11.6 Å². The number of benzene rings is 2. The van der Waals surface area contributed by atoms with Crippen LogP contribution in [0.25, 0.3) is 0 Å². The van der Waals surface area contributed by atoms with Gasteiger partial charge < -0.3 is 19.9 Å². The summed E-state index contributed by atoms with van der Waals surface area (Å²) >= 11 is 0. The van der Waals surface area contributed by atoms with Gasteiger partial charge in [0.05, 0.1) is 18.8 Å². The van der Waals surface area contributed by atoms with E-state index in [4.69, 9.17) is 4.74 Å². The Bertz CT molecular complexity index is 881. The first kappa shape index (κ1) is 19.2. The molecule has 0 bridgehead atoms. The summed E-state index contributed by atoms with van der Waals surface area (Å²) in [5, 5.41) is 2.77. The summed E-state index contributed by atoms with van der Waals surface area (Å²) in [5.41, 5.74) is 1.31. The number of hydrogen-bond acceptors (Lipinski definition) is 4. The zero-order valence-electron chi connectivity index (χ0n) is 16.1. The zero-order chi connectivity index (χ0) is 20.2. The lowest BCUT2D eigenvalue weighted by atomic mass is 10.1. The third-order valence-corrected chi connectivity index (χ3v) is 5.27. The van der Waals surface area contributed by atoms with E-state index in [9.17, 15) is 14.0 Å². The minimum absolute atomic E-state index is 0.0249. The molecule has 4 rings (SSSR count). The van der Waals surface area contributed by atoms with Crippen molar-refractivity contribution >= 4 is 23.2 Å². The molecule has 1 saturated heterocycles. The Balaban J connectivity index is 1.48. The smallest absolute Gasteiger partial charge is 0.265 e. The number of piperidine rings is 1. The normalized spacial score (nSPS) is 18.6. The van der Waals surface area contributed by atoms with E-state index in [1.807, 2.05) is 34.1 Å². The monoisotopic (exact) mass is 397 g/mol. The summed E-state index contributed by atoms with van der Waals surface area (Å²) in [6.45, 7) is 1.89. The maximum Gasteiger partial charge on any atom is 0.265 e. The summed E-state index contributed by atoms with van der Waals surface area (Å²) in [5.74, 6) is -0.0199. The summed E-state index contributed by atoms with van der Waals surface area (Å²) in [6, 6.07) is 13.0. The SMILES string of the molecule is O=C(CN1C[C@@H](C(=O)N2CCCCC2)Oc2ccccc21)Nc1ccc(F)cc1. The molecule has 0 aliphatic carbocycles. The minimum atomic E-state index is -0.637. The number of carbonyl (C=O) groups excluding carboxylic acids is 2. The molecule has 1 fully saturated rings. The van der Waals surface area contributed by atoms with Crippen LogP contribution in [0.2, 0.25) is 0 Å². The van der Waals surface area contributed by atoms with Crippen LogP contribution in [0.4, 0.5) is 15.8 Å². The molecule has 2 amide bonds. The van der Waals surface area contributed by atoms with Crippen molar-refractivity contribution in [3.8, 4) is 5.75 Å². The van der Waals surface area contributed by atoms with Crippen LogP contribution in [0, 0.1) is 5.82 Å². The van der Waals surface area contributed by atoms with E-state index in [0.29, 0.717) is 18.0 Å². The van der Waals surface area contributed by atoms with Crippen molar-refractivity contribution in [1.29, 1.82) is 0 Å². The van der Waals surface area contributed by atoms with E-state index in [1.165, 1.54) is 24.3 Å². The average Bonchev–Trinajstić information content (AvgIpc) is 2.75. The van der Waals surface area contributed by atoms with Crippen molar-refractivity contribution in [2.45, 2.75) is 25.4 Å².